The molecule has 1 aromatic rings. The highest BCUT2D eigenvalue weighted by Crippen LogP contribution is 2.27. The Morgan fingerprint density at radius 2 is 2.29 bits per heavy atom. The normalized spacial score (nSPS) is 25.9. The summed E-state index contributed by atoms with van der Waals surface area (Å²) >= 11 is 6.07. The highest BCUT2D eigenvalue weighted by molar-refractivity contribution is 6.32. The molecule has 6 heteroatoms. The van der Waals surface area contributed by atoms with Gasteiger partial charge < -0.3 is 20.5 Å². The minimum Gasteiger partial charge on any atom is -0.495 e. The lowest BCUT2D eigenvalue weighted by molar-refractivity contribution is 0.0570. The molecule has 5 nitrogen and oxygen atoms in total. The predicted octanol–water partition coefficient (Wildman–Crippen LogP) is 2.89. The molecule has 3 N–H and O–H groups in total. The minimum atomic E-state index is 0.229. The first-order valence-corrected chi connectivity index (χ1v) is 7.43. The molecule has 0 aliphatic carbocycles. The summed E-state index contributed by atoms with van der Waals surface area (Å²) in [6, 6.07) is 5.38. The topological polar surface area (TPSA) is 68.9 Å². The molecule has 0 saturated carbocycles. The van der Waals surface area contributed by atoms with Gasteiger partial charge in [-0.05, 0) is 38.5 Å². The van der Waals surface area contributed by atoms with Crippen LogP contribution in [0.2, 0.25) is 5.02 Å². The molecule has 0 bridgehead atoms. The van der Waals surface area contributed by atoms with Crippen molar-refractivity contribution in [1.29, 1.82) is 0 Å². The fourth-order valence-corrected chi connectivity index (χ4v) is 2.78. The number of nitrogens with one attached hydrogen (secondary N) is 1. The number of nitrogens with two attached hydrogens (primary N) is 1. The van der Waals surface area contributed by atoms with E-state index in [-0.39, 0.29) is 6.10 Å². The molecule has 1 saturated heterocycles. The fourth-order valence-electron chi connectivity index (χ4n) is 2.52. The minimum absolute atomic E-state index is 0.229. The van der Waals surface area contributed by atoms with Crippen LogP contribution >= 0.6 is 11.6 Å². The van der Waals surface area contributed by atoms with E-state index >= 15 is 0 Å². The van der Waals surface area contributed by atoms with Crippen molar-refractivity contribution < 1.29 is 9.47 Å². The van der Waals surface area contributed by atoms with Crippen LogP contribution in [0.3, 0.4) is 0 Å². The fraction of sp³-hybridized carbons (Fsp3) is 0.533. The number of methoxy groups -OCH3 is 1. The maximum atomic E-state index is 6.07. The van der Waals surface area contributed by atoms with Gasteiger partial charge in [0.15, 0.2) is 5.96 Å². The molecule has 0 spiro atoms. The number of anilines is 1. The van der Waals surface area contributed by atoms with E-state index < -0.39 is 0 Å². The van der Waals surface area contributed by atoms with E-state index in [1.54, 1.807) is 19.2 Å². The number of benzene rings is 1. The van der Waals surface area contributed by atoms with E-state index in [4.69, 9.17) is 26.8 Å². The maximum Gasteiger partial charge on any atom is 0.193 e. The van der Waals surface area contributed by atoms with Crippen LogP contribution in [-0.2, 0) is 4.74 Å². The number of hydrogen-bond donors (Lipinski definition) is 2. The summed E-state index contributed by atoms with van der Waals surface area (Å²) in [6.45, 7) is 4.83. The number of ether oxygens (including phenoxy) is 2. The lowest BCUT2D eigenvalue weighted by Crippen LogP contribution is -2.25. The van der Waals surface area contributed by atoms with Crippen molar-refractivity contribution in [3.8, 4) is 5.75 Å². The summed E-state index contributed by atoms with van der Waals surface area (Å²) in [5.74, 6) is 1.42. The Balaban J connectivity index is 1.93. The zero-order valence-corrected chi connectivity index (χ0v) is 13.4. The van der Waals surface area contributed by atoms with Gasteiger partial charge in [0.25, 0.3) is 0 Å². The summed E-state index contributed by atoms with van der Waals surface area (Å²) in [5, 5.41) is 3.56. The standard InChI is InChI=1S/C15H22ClN3O2/c1-9-6-11(10(2)21-9)8-18-15(17)19-12-4-5-14(20-3)13(16)7-12/h4-5,7,9-11H,6,8H2,1-3H3,(H3,17,18,19). The Kier molecular flexibility index (Phi) is 5.31. The van der Waals surface area contributed by atoms with Crippen molar-refractivity contribution in [2.45, 2.75) is 32.5 Å². The van der Waals surface area contributed by atoms with E-state index in [9.17, 15) is 0 Å². The van der Waals surface area contributed by atoms with E-state index in [0.29, 0.717) is 35.3 Å². The molecule has 0 radical (unpaired) electrons. The Hall–Kier alpha value is -1.46. The Bertz CT molecular complexity index is 522. The lowest BCUT2D eigenvalue weighted by atomic mass is 10.0. The largest absolute Gasteiger partial charge is 0.495 e. The average Bonchev–Trinajstić information content (AvgIpc) is 2.75. The molecule has 116 valence electrons. The number of nitrogens with zero attached hydrogens (tertiary/aromatic N) is 1. The molecule has 1 aliphatic heterocycles. The van der Waals surface area contributed by atoms with Gasteiger partial charge in [-0.1, -0.05) is 11.6 Å². The van der Waals surface area contributed by atoms with Crippen molar-refractivity contribution in [3.05, 3.63) is 23.2 Å². The summed E-state index contributed by atoms with van der Waals surface area (Å²) < 4.78 is 10.8. The molecule has 0 aromatic heterocycles. The first-order chi connectivity index (χ1) is 9.99. The molecule has 2 rings (SSSR count). The monoisotopic (exact) mass is 311 g/mol. The summed E-state index contributed by atoms with van der Waals surface area (Å²) in [6.07, 6.45) is 1.55. The van der Waals surface area contributed by atoms with Crippen molar-refractivity contribution in [2.75, 3.05) is 19.0 Å². The van der Waals surface area contributed by atoms with Crippen molar-refractivity contribution >= 4 is 23.2 Å². The second kappa shape index (κ2) is 7.00. The van der Waals surface area contributed by atoms with Crippen molar-refractivity contribution in [1.82, 2.24) is 0 Å². The molecule has 1 aliphatic rings. The molecule has 3 atom stereocenters. The van der Waals surface area contributed by atoms with Gasteiger partial charge >= 0.3 is 0 Å². The quantitative estimate of drug-likeness (QED) is 0.662. The number of hydrogen-bond acceptors (Lipinski definition) is 3. The van der Waals surface area contributed by atoms with E-state index in [2.05, 4.69) is 24.2 Å². The number of guanidine groups is 1. The van der Waals surface area contributed by atoms with Gasteiger partial charge in [0.05, 0.1) is 24.3 Å². The highest BCUT2D eigenvalue weighted by Gasteiger charge is 2.29. The molecule has 3 unspecified atom stereocenters. The van der Waals surface area contributed by atoms with Crippen LogP contribution in [0.5, 0.6) is 5.75 Å². The van der Waals surface area contributed by atoms with E-state index in [1.807, 2.05) is 6.07 Å². The zero-order chi connectivity index (χ0) is 15.4. The molecule has 21 heavy (non-hydrogen) atoms. The molecule has 1 heterocycles. The van der Waals surface area contributed by atoms with Crippen LogP contribution in [0.25, 0.3) is 0 Å². The van der Waals surface area contributed by atoms with Gasteiger partial charge in [0.2, 0.25) is 0 Å². The SMILES string of the molecule is COc1ccc(NC(N)=NCC2CC(C)OC2C)cc1Cl. The van der Waals surface area contributed by atoms with Crippen LogP contribution in [0.4, 0.5) is 5.69 Å². The second-order valence-electron chi connectivity index (χ2n) is 5.35. The van der Waals surface area contributed by atoms with Gasteiger partial charge in [-0.2, -0.15) is 0 Å². The first kappa shape index (κ1) is 15.9. The van der Waals surface area contributed by atoms with E-state index in [1.165, 1.54) is 0 Å². The third-order valence-corrected chi connectivity index (χ3v) is 3.96. The molecule has 0 amide bonds. The molecular formula is C15H22ClN3O2. The van der Waals surface area contributed by atoms with Crippen LogP contribution < -0.4 is 15.8 Å². The molecule has 1 fully saturated rings. The van der Waals surface area contributed by atoms with Crippen LogP contribution in [0.15, 0.2) is 23.2 Å². The van der Waals surface area contributed by atoms with Crippen molar-refractivity contribution in [3.63, 3.8) is 0 Å². The summed E-state index contributed by atoms with van der Waals surface area (Å²) in [4.78, 5) is 4.39. The zero-order valence-electron chi connectivity index (χ0n) is 12.6. The number of rotatable bonds is 4. The van der Waals surface area contributed by atoms with E-state index in [0.717, 1.165) is 12.1 Å². The molecule has 1 aromatic carbocycles. The number of halogens is 1. The van der Waals surface area contributed by atoms with Crippen LogP contribution in [0.1, 0.15) is 20.3 Å². The Morgan fingerprint density at radius 3 is 2.86 bits per heavy atom. The third-order valence-electron chi connectivity index (χ3n) is 3.67. The maximum absolute atomic E-state index is 6.07. The summed E-state index contributed by atoms with van der Waals surface area (Å²) in [5.41, 5.74) is 6.69. The highest BCUT2D eigenvalue weighted by atomic mass is 35.5. The van der Waals surface area contributed by atoms with Gasteiger partial charge in [0.1, 0.15) is 5.75 Å². The smallest absolute Gasteiger partial charge is 0.193 e. The Morgan fingerprint density at radius 1 is 1.52 bits per heavy atom. The third kappa shape index (κ3) is 4.25. The van der Waals surface area contributed by atoms with Gasteiger partial charge in [-0.3, -0.25) is 4.99 Å². The summed E-state index contributed by atoms with van der Waals surface area (Å²) in [7, 11) is 1.58. The Labute approximate surface area is 130 Å². The van der Waals surface area contributed by atoms with Crippen LogP contribution in [-0.4, -0.2) is 31.8 Å². The average molecular weight is 312 g/mol. The number of aliphatic imine (C=N–C) groups is 1. The predicted molar refractivity (Wildman–Crippen MR) is 86.2 cm³/mol. The first-order valence-electron chi connectivity index (χ1n) is 7.05. The van der Waals surface area contributed by atoms with Gasteiger partial charge in [-0.25, -0.2) is 0 Å². The second-order valence-corrected chi connectivity index (χ2v) is 5.76. The van der Waals surface area contributed by atoms with Gasteiger partial charge in [-0.15, -0.1) is 0 Å². The lowest BCUT2D eigenvalue weighted by Gasteiger charge is -2.12. The van der Waals surface area contributed by atoms with Gasteiger partial charge in [0, 0.05) is 18.2 Å². The molecular weight excluding hydrogens is 290 g/mol. The van der Waals surface area contributed by atoms with Crippen LogP contribution in [0, 0.1) is 5.92 Å². The van der Waals surface area contributed by atoms with Crippen molar-refractivity contribution in [2.24, 2.45) is 16.6 Å².